The van der Waals surface area contributed by atoms with Gasteiger partial charge in [0.05, 0.1) is 18.3 Å². The molecule has 2 N–H and O–H groups in total. The van der Waals surface area contributed by atoms with Crippen LogP contribution in [0.1, 0.15) is 28.4 Å². The standard InChI is InChI=1S/C24H19F7N4O3/c25-15-8-6-14(7-9-15)18(13-4-2-1-3-5-13)35-19(36)16-10-11-34(12-17(16)33-21(35)32)22(37)38-20(23(26,27)28)24(29,30)31/h1-9,18,20H,10-12H2,(H2,32,33). The van der Waals surface area contributed by atoms with Gasteiger partial charge in [0.2, 0.25) is 5.95 Å². The molecule has 0 spiro atoms. The van der Waals surface area contributed by atoms with Gasteiger partial charge in [-0.25, -0.2) is 14.2 Å². The first-order valence-corrected chi connectivity index (χ1v) is 11.1. The number of amides is 1. The van der Waals surface area contributed by atoms with Gasteiger partial charge >= 0.3 is 18.4 Å². The highest BCUT2D eigenvalue weighted by atomic mass is 19.4. The number of benzene rings is 2. The second-order valence-corrected chi connectivity index (χ2v) is 8.45. The van der Waals surface area contributed by atoms with E-state index in [-0.39, 0.29) is 23.6 Å². The molecule has 0 fully saturated rings. The van der Waals surface area contributed by atoms with Crippen molar-refractivity contribution in [2.24, 2.45) is 0 Å². The first kappa shape index (κ1) is 26.9. The number of carbonyl (C=O) groups is 1. The fourth-order valence-corrected chi connectivity index (χ4v) is 4.19. The molecule has 2 heterocycles. The minimum atomic E-state index is -5.87. The summed E-state index contributed by atoms with van der Waals surface area (Å²) in [5.41, 5.74) is 6.59. The summed E-state index contributed by atoms with van der Waals surface area (Å²) in [5.74, 6) is -0.833. The highest BCUT2D eigenvalue weighted by Gasteiger charge is 2.60. The SMILES string of the molecule is Nc1nc2c(c(=O)n1C(c1ccccc1)c1ccc(F)cc1)CCN(C(=O)OC(C(F)(F)F)C(F)(F)F)C2. The number of fused-ring (bicyclic) bond motifs is 1. The Balaban J connectivity index is 1.69. The van der Waals surface area contributed by atoms with E-state index in [4.69, 9.17) is 5.73 Å². The van der Waals surface area contributed by atoms with Crippen molar-refractivity contribution in [2.45, 2.75) is 37.5 Å². The molecule has 0 radical (unpaired) electrons. The van der Waals surface area contributed by atoms with Crippen molar-refractivity contribution in [3.05, 3.63) is 93.2 Å². The molecule has 1 aliphatic rings. The highest BCUT2D eigenvalue weighted by Crippen LogP contribution is 2.36. The van der Waals surface area contributed by atoms with Crippen molar-refractivity contribution in [1.29, 1.82) is 0 Å². The molecule has 1 aliphatic heterocycles. The zero-order valence-electron chi connectivity index (χ0n) is 19.3. The molecule has 4 rings (SSSR count). The fourth-order valence-electron chi connectivity index (χ4n) is 4.19. The Morgan fingerprint density at radius 3 is 2.11 bits per heavy atom. The maximum Gasteiger partial charge on any atom is 0.434 e. The average Bonchev–Trinajstić information content (AvgIpc) is 2.84. The van der Waals surface area contributed by atoms with Crippen molar-refractivity contribution in [2.75, 3.05) is 12.3 Å². The largest absolute Gasteiger partial charge is 0.434 e. The van der Waals surface area contributed by atoms with Gasteiger partial charge in [0.25, 0.3) is 11.7 Å². The molecule has 1 aromatic heterocycles. The summed E-state index contributed by atoms with van der Waals surface area (Å²) in [6.07, 6.45) is -18.1. The number of nitrogens with two attached hydrogens (primary N) is 1. The Morgan fingerprint density at radius 1 is 0.947 bits per heavy atom. The Hall–Kier alpha value is -4.10. The van der Waals surface area contributed by atoms with Gasteiger partial charge in [-0.2, -0.15) is 26.3 Å². The second kappa shape index (κ2) is 9.99. The Kier molecular flexibility index (Phi) is 7.08. The molecule has 1 unspecified atom stereocenters. The lowest BCUT2D eigenvalue weighted by Gasteiger charge is -2.31. The lowest BCUT2D eigenvalue weighted by molar-refractivity contribution is -0.308. The molecule has 0 saturated heterocycles. The van der Waals surface area contributed by atoms with Crippen LogP contribution in [0.4, 0.5) is 41.5 Å². The number of aromatic nitrogens is 2. The van der Waals surface area contributed by atoms with Crippen LogP contribution in [0.5, 0.6) is 0 Å². The molecule has 0 bridgehead atoms. The predicted molar refractivity (Wildman–Crippen MR) is 119 cm³/mol. The maximum atomic E-state index is 13.6. The van der Waals surface area contributed by atoms with Crippen LogP contribution in [0.3, 0.4) is 0 Å². The molecular formula is C24H19F7N4O3. The van der Waals surface area contributed by atoms with E-state index in [0.717, 1.165) is 0 Å². The first-order chi connectivity index (χ1) is 17.8. The van der Waals surface area contributed by atoms with Crippen LogP contribution in [-0.2, 0) is 17.7 Å². The number of ether oxygens (including phenoxy) is 1. The smallest absolute Gasteiger partial charge is 0.426 e. The molecular weight excluding hydrogens is 525 g/mol. The Morgan fingerprint density at radius 2 is 1.53 bits per heavy atom. The number of halogens is 7. The average molecular weight is 544 g/mol. The van der Waals surface area contributed by atoms with E-state index in [2.05, 4.69) is 9.72 Å². The molecule has 7 nitrogen and oxygen atoms in total. The van der Waals surface area contributed by atoms with Gasteiger partial charge in [-0.15, -0.1) is 0 Å². The van der Waals surface area contributed by atoms with Gasteiger partial charge < -0.3 is 15.4 Å². The normalized spacial score (nSPS) is 14.8. The monoisotopic (exact) mass is 544 g/mol. The van der Waals surface area contributed by atoms with E-state index in [1.165, 1.54) is 28.8 Å². The lowest BCUT2D eigenvalue weighted by atomic mass is 9.97. The molecule has 3 aromatic rings. The van der Waals surface area contributed by atoms with Crippen molar-refractivity contribution >= 4 is 12.0 Å². The summed E-state index contributed by atoms with van der Waals surface area (Å²) in [6, 6.07) is 13.1. The van der Waals surface area contributed by atoms with E-state index in [1.807, 2.05) is 0 Å². The quantitative estimate of drug-likeness (QED) is 0.486. The van der Waals surface area contributed by atoms with E-state index >= 15 is 0 Å². The molecule has 0 saturated carbocycles. The van der Waals surface area contributed by atoms with Crippen molar-refractivity contribution in [1.82, 2.24) is 14.5 Å². The van der Waals surface area contributed by atoms with Crippen LogP contribution in [0, 0.1) is 5.82 Å². The number of rotatable bonds is 4. The van der Waals surface area contributed by atoms with Gasteiger partial charge in [-0.3, -0.25) is 9.36 Å². The van der Waals surface area contributed by atoms with Crippen LogP contribution in [0.15, 0.2) is 59.4 Å². The zero-order chi connectivity index (χ0) is 27.8. The minimum absolute atomic E-state index is 0.0782. The van der Waals surface area contributed by atoms with Crippen molar-refractivity contribution in [3.8, 4) is 0 Å². The molecule has 14 heteroatoms. The fraction of sp³-hybridized carbons (Fsp3) is 0.292. The van der Waals surface area contributed by atoms with E-state index < -0.39 is 55.1 Å². The van der Waals surface area contributed by atoms with Gasteiger partial charge in [-0.1, -0.05) is 42.5 Å². The summed E-state index contributed by atoms with van der Waals surface area (Å²) in [5, 5.41) is 0. The third-order valence-electron chi connectivity index (χ3n) is 5.92. The van der Waals surface area contributed by atoms with Crippen LogP contribution < -0.4 is 11.3 Å². The topological polar surface area (TPSA) is 90.5 Å². The number of hydrogen-bond acceptors (Lipinski definition) is 5. The van der Waals surface area contributed by atoms with Gasteiger partial charge in [0.1, 0.15) is 5.82 Å². The first-order valence-electron chi connectivity index (χ1n) is 11.1. The van der Waals surface area contributed by atoms with Crippen molar-refractivity contribution in [3.63, 3.8) is 0 Å². The van der Waals surface area contributed by atoms with E-state index in [9.17, 15) is 40.3 Å². The van der Waals surface area contributed by atoms with Crippen LogP contribution >= 0.6 is 0 Å². The van der Waals surface area contributed by atoms with Crippen LogP contribution in [0.2, 0.25) is 0 Å². The number of hydrogen-bond donors (Lipinski definition) is 1. The van der Waals surface area contributed by atoms with Crippen molar-refractivity contribution < 1.29 is 40.3 Å². The molecule has 2 aromatic carbocycles. The minimum Gasteiger partial charge on any atom is -0.426 e. The molecule has 1 amide bonds. The summed E-state index contributed by atoms with van der Waals surface area (Å²) in [7, 11) is 0. The zero-order valence-corrected chi connectivity index (χ0v) is 19.3. The Labute approximate surface area is 210 Å². The second-order valence-electron chi connectivity index (χ2n) is 8.45. The number of anilines is 1. The number of nitrogens with zero attached hydrogens (tertiary/aromatic N) is 3. The maximum absolute atomic E-state index is 13.6. The van der Waals surface area contributed by atoms with Gasteiger partial charge in [0, 0.05) is 12.1 Å². The summed E-state index contributed by atoms with van der Waals surface area (Å²) >= 11 is 0. The van der Waals surface area contributed by atoms with Crippen LogP contribution in [-0.4, -0.2) is 45.5 Å². The highest BCUT2D eigenvalue weighted by molar-refractivity contribution is 5.68. The van der Waals surface area contributed by atoms with Gasteiger partial charge in [-0.05, 0) is 29.7 Å². The molecule has 1 atom stereocenters. The van der Waals surface area contributed by atoms with E-state index in [0.29, 0.717) is 16.0 Å². The predicted octanol–water partition coefficient (Wildman–Crippen LogP) is 4.59. The third-order valence-corrected chi connectivity index (χ3v) is 5.92. The van der Waals surface area contributed by atoms with E-state index in [1.54, 1.807) is 30.3 Å². The number of carbonyl (C=O) groups excluding carboxylic acids is 1. The van der Waals surface area contributed by atoms with Crippen LogP contribution in [0.25, 0.3) is 0 Å². The molecule has 202 valence electrons. The third kappa shape index (κ3) is 5.43. The lowest BCUT2D eigenvalue weighted by Crippen LogP contribution is -2.49. The molecule has 38 heavy (non-hydrogen) atoms. The summed E-state index contributed by atoms with van der Waals surface area (Å²) in [6.45, 7) is -0.995. The number of nitrogen functional groups attached to an aromatic ring is 1. The summed E-state index contributed by atoms with van der Waals surface area (Å²) < 4.78 is 95.3. The van der Waals surface area contributed by atoms with Gasteiger partial charge in [0.15, 0.2) is 0 Å². The Bertz CT molecular complexity index is 1360. The number of alkyl halides is 6. The molecule has 0 aliphatic carbocycles. The summed E-state index contributed by atoms with van der Waals surface area (Å²) in [4.78, 5) is 30.5.